The van der Waals surface area contributed by atoms with Crippen molar-refractivity contribution in [3.63, 3.8) is 0 Å². The average molecular weight is 547 g/mol. The molecule has 0 atom stereocenters. The topological polar surface area (TPSA) is 41.9 Å². The van der Waals surface area contributed by atoms with Crippen LogP contribution in [0.4, 0.5) is 11.4 Å². The highest BCUT2D eigenvalue weighted by atomic mass is 35.5. The highest BCUT2D eigenvalue weighted by molar-refractivity contribution is 8.19. The Hall–Kier alpha value is -4.32. The zero-order valence-corrected chi connectivity index (χ0v) is 22.4. The van der Waals surface area contributed by atoms with Crippen molar-refractivity contribution in [3.05, 3.63) is 142 Å². The summed E-state index contributed by atoms with van der Waals surface area (Å²) in [6.07, 6.45) is 1.84. The van der Waals surface area contributed by atoms with Crippen LogP contribution in [0.3, 0.4) is 0 Å². The molecule has 6 heteroatoms. The highest BCUT2D eigenvalue weighted by Crippen LogP contribution is 2.38. The van der Waals surface area contributed by atoms with Gasteiger partial charge in [-0.25, -0.2) is 4.99 Å². The number of thioether (sulfide) groups is 1. The fourth-order valence-corrected chi connectivity index (χ4v) is 5.66. The number of ether oxygens (including phenoxy) is 1. The molecule has 1 heterocycles. The number of hydrogen-bond acceptors (Lipinski definition) is 4. The molecule has 0 N–H and O–H groups in total. The largest absolute Gasteiger partial charge is 0.487 e. The first-order valence-corrected chi connectivity index (χ1v) is 13.7. The Bertz CT molecular complexity index is 1710. The van der Waals surface area contributed by atoms with E-state index in [0.717, 1.165) is 27.9 Å². The Labute approximate surface area is 236 Å². The molecule has 1 amide bonds. The molecule has 0 aromatic heterocycles. The van der Waals surface area contributed by atoms with Crippen molar-refractivity contribution in [2.24, 2.45) is 4.99 Å². The summed E-state index contributed by atoms with van der Waals surface area (Å²) in [7, 11) is 0. The molecule has 5 aromatic carbocycles. The Morgan fingerprint density at radius 2 is 1.54 bits per heavy atom. The Balaban J connectivity index is 1.25. The molecule has 1 fully saturated rings. The van der Waals surface area contributed by atoms with E-state index >= 15 is 0 Å². The fourth-order valence-electron chi connectivity index (χ4n) is 4.42. The van der Waals surface area contributed by atoms with Gasteiger partial charge in [-0.3, -0.25) is 9.69 Å². The van der Waals surface area contributed by atoms with E-state index in [1.165, 1.54) is 17.1 Å². The molecule has 0 radical (unpaired) electrons. The summed E-state index contributed by atoms with van der Waals surface area (Å²) in [5, 5.41) is 3.42. The van der Waals surface area contributed by atoms with E-state index in [2.05, 4.69) is 24.3 Å². The zero-order chi connectivity index (χ0) is 26.6. The van der Waals surface area contributed by atoms with Crippen LogP contribution in [0.25, 0.3) is 16.8 Å². The minimum Gasteiger partial charge on any atom is -0.487 e. The van der Waals surface area contributed by atoms with Crippen LogP contribution in [-0.2, 0) is 11.4 Å². The molecule has 0 bridgehead atoms. The number of amidine groups is 1. The van der Waals surface area contributed by atoms with E-state index in [1.54, 1.807) is 4.90 Å². The quantitative estimate of drug-likeness (QED) is 0.200. The Morgan fingerprint density at radius 3 is 2.33 bits per heavy atom. The predicted octanol–water partition coefficient (Wildman–Crippen LogP) is 8.88. The highest BCUT2D eigenvalue weighted by Gasteiger charge is 2.34. The number of hydrogen-bond donors (Lipinski definition) is 0. The maximum absolute atomic E-state index is 13.5. The number of aliphatic imine (C=N–C) groups is 1. The molecular formula is C33H23ClN2O2S. The molecule has 0 unspecified atom stereocenters. The average Bonchev–Trinajstić information content (AvgIpc) is 3.27. The Morgan fingerprint density at radius 1 is 0.821 bits per heavy atom. The molecule has 4 nitrogen and oxygen atoms in total. The van der Waals surface area contributed by atoms with Crippen molar-refractivity contribution in [3.8, 4) is 5.75 Å². The van der Waals surface area contributed by atoms with E-state index in [4.69, 9.17) is 21.3 Å². The molecule has 39 heavy (non-hydrogen) atoms. The fraction of sp³-hybridized carbons (Fsp3) is 0.0303. The molecule has 0 aliphatic carbocycles. The van der Waals surface area contributed by atoms with Crippen molar-refractivity contribution >= 4 is 62.7 Å². The van der Waals surface area contributed by atoms with Crippen molar-refractivity contribution in [2.45, 2.75) is 6.61 Å². The van der Waals surface area contributed by atoms with Gasteiger partial charge in [0, 0.05) is 0 Å². The molecular weight excluding hydrogens is 524 g/mol. The van der Waals surface area contributed by atoms with Crippen LogP contribution < -0.4 is 9.64 Å². The summed E-state index contributed by atoms with van der Waals surface area (Å²) in [4.78, 5) is 20.5. The molecule has 0 saturated carbocycles. The molecule has 1 saturated heterocycles. The summed E-state index contributed by atoms with van der Waals surface area (Å²) in [5.41, 5.74) is 3.45. The minimum atomic E-state index is -0.131. The summed E-state index contributed by atoms with van der Waals surface area (Å²) in [5.74, 6) is 0.461. The first-order chi connectivity index (χ1) is 19.2. The smallest absolute Gasteiger partial charge is 0.271 e. The lowest BCUT2D eigenvalue weighted by Gasteiger charge is -2.15. The number of benzene rings is 5. The summed E-state index contributed by atoms with van der Waals surface area (Å²) in [6.45, 7) is 0.404. The van der Waals surface area contributed by atoms with Crippen LogP contribution in [0.2, 0.25) is 5.02 Å². The van der Waals surface area contributed by atoms with Gasteiger partial charge in [0.15, 0.2) is 5.17 Å². The third-order valence-corrected chi connectivity index (χ3v) is 7.58. The van der Waals surface area contributed by atoms with Gasteiger partial charge in [0.2, 0.25) is 0 Å². The van der Waals surface area contributed by atoms with Crippen LogP contribution in [0.1, 0.15) is 11.1 Å². The van der Waals surface area contributed by atoms with Gasteiger partial charge in [-0.05, 0) is 76.1 Å². The van der Waals surface area contributed by atoms with Crippen LogP contribution in [0, 0.1) is 0 Å². The number of carbonyl (C=O) groups excluding carboxylic acids is 1. The first kappa shape index (κ1) is 25.0. The second kappa shape index (κ2) is 11.2. The summed E-state index contributed by atoms with van der Waals surface area (Å²) < 4.78 is 6.08. The van der Waals surface area contributed by atoms with Crippen molar-refractivity contribution in [1.82, 2.24) is 0 Å². The first-order valence-electron chi connectivity index (χ1n) is 12.5. The van der Waals surface area contributed by atoms with Gasteiger partial charge in [0.05, 0.1) is 21.3 Å². The van der Waals surface area contributed by atoms with Crippen molar-refractivity contribution in [2.75, 3.05) is 4.90 Å². The van der Waals surface area contributed by atoms with Crippen molar-refractivity contribution in [1.29, 1.82) is 0 Å². The molecule has 5 aromatic rings. The monoisotopic (exact) mass is 546 g/mol. The third-order valence-electron chi connectivity index (χ3n) is 6.32. The third kappa shape index (κ3) is 5.46. The zero-order valence-electron chi connectivity index (χ0n) is 20.8. The number of fused-ring (bicyclic) bond motifs is 1. The van der Waals surface area contributed by atoms with E-state index in [1.807, 2.05) is 103 Å². The van der Waals surface area contributed by atoms with Gasteiger partial charge >= 0.3 is 0 Å². The maximum Gasteiger partial charge on any atom is 0.271 e. The number of amides is 1. The second-order valence-electron chi connectivity index (χ2n) is 8.93. The van der Waals surface area contributed by atoms with Crippen LogP contribution >= 0.6 is 23.4 Å². The standard InChI is InChI=1S/C33H23ClN2O2S/c34-29-20-23(18-19-30(29)38-22-25-12-9-11-24-10-7-8-17-28(24)25)21-31-32(37)36(27-15-5-2-6-16-27)33(39-31)35-26-13-3-1-4-14-26/h1-21H,22H2/b31-21+,35-33?. The number of nitrogens with zero attached hydrogens (tertiary/aromatic N) is 2. The van der Waals surface area contributed by atoms with Gasteiger partial charge in [-0.15, -0.1) is 0 Å². The minimum absolute atomic E-state index is 0.131. The number of anilines is 1. The molecule has 190 valence electrons. The maximum atomic E-state index is 13.5. The lowest BCUT2D eigenvalue weighted by molar-refractivity contribution is -0.113. The predicted molar refractivity (Wildman–Crippen MR) is 163 cm³/mol. The Kier molecular flexibility index (Phi) is 7.17. The second-order valence-corrected chi connectivity index (χ2v) is 10.3. The summed E-state index contributed by atoms with van der Waals surface area (Å²) in [6, 6.07) is 39.2. The van der Waals surface area contributed by atoms with Gasteiger partial charge in [0.1, 0.15) is 12.4 Å². The lowest BCUT2D eigenvalue weighted by atomic mass is 10.1. The van der Waals surface area contributed by atoms with Gasteiger partial charge in [-0.2, -0.15) is 0 Å². The van der Waals surface area contributed by atoms with E-state index in [9.17, 15) is 4.79 Å². The van der Waals surface area contributed by atoms with Crippen LogP contribution in [0.5, 0.6) is 5.75 Å². The molecule has 6 rings (SSSR count). The summed E-state index contributed by atoms with van der Waals surface area (Å²) >= 11 is 7.96. The van der Waals surface area contributed by atoms with Crippen molar-refractivity contribution < 1.29 is 9.53 Å². The molecule has 1 aliphatic rings. The van der Waals surface area contributed by atoms with Gasteiger partial charge in [-0.1, -0.05) is 96.5 Å². The lowest BCUT2D eigenvalue weighted by Crippen LogP contribution is -2.28. The van der Waals surface area contributed by atoms with Crippen LogP contribution in [0.15, 0.2) is 131 Å². The SMILES string of the molecule is O=C1/C(=C\c2ccc(OCc3cccc4ccccc34)c(Cl)c2)SC(=Nc2ccccc2)N1c1ccccc1. The van der Waals surface area contributed by atoms with Crippen LogP contribution in [-0.4, -0.2) is 11.1 Å². The van der Waals surface area contributed by atoms with Gasteiger partial charge < -0.3 is 4.74 Å². The molecule has 1 aliphatic heterocycles. The normalized spacial score (nSPS) is 15.4. The number of rotatable bonds is 6. The van der Waals surface area contributed by atoms with E-state index in [-0.39, 0.29) is 5.91 Å². The number of para-hydroxylation sites is 2. The van der Waals surface area contributed by atoms with E-state index in [0.29, 0.717) is 27.5 Å². The van der Waals surface area contributed by atoms with Gasteiger partial charge in [0.25, 0.3) is 5.91 Å². The number of halogens is 1. The van der Waals surface area contributed by atoms with E-state index < -0.39 is 0 Å². The number of carbonyl (C=O) groups is 1. The molecule has 0 spiro atoms.